The van der Waals surface area contributed by atoms with E-state index in [-0.39, 0.29) is 24.9 Å². The van der Waals surface area contributed by atoms with Gasteiger partial charge >= 0.3 is 0 Å². The van der Waals surface area contributed by atoms with Crippen molar-refractivity contribution < 1.29 is 19.1 Å². The fourth-order valence-corrected chi connectivity index (χ4v) is 1.20. The van der Waals surface area contributed by atoms with E-state index in [4.69, 9.17) is 14.3 Å². The quantitative estimate of drug-likeness (QED) is 0.739. The zero-order chi connectivity index (χ0) is 11.3. The molecule has 1 aromatic rings. The van der Waals surface area contributed by atoms with Crippen LogP contribution in [0.4, 0.5) is 0 Å². The van der Waals surface area contributed by atoms with Crippen LogP contribution in [0.3, 0.4) is 0 Å². The number of aliphatic hydroxyl groups excluding tert-OH is 1. The Kier molecular flexibility index (Phi) is 4.33. The Bertz CT molecular complexity index is 321. The normalized spacial score (nSPS) is 12.5. The highest BCUT2D eigenvalue weighted by Gasteiger charge is 2.16. The van der Waals surface area contributed by atoms with Crippen LogP contribution in [-0.4, -0.2) is 37.4 Å². The van der Waals surface area contributed by atoms with Crippen LogP contribution in [0.2, 0.25) is 0 Å². The Balaban J connectivity index is 2.58. The predicted octanol–water partition coefficient (Wildman–Crippen LogP) is 0.325. The summed E-state index contributed by atoms with van der Waals surface area (Å²) in [5, 5.41) is 11.6. The van der Waals surface area contributed by atoms with Crippen molar-refractivity contribution in [2.45, 2.75) is 13.0 Å². The molecule has 15 heavy (non-hydrogen) atoms. The Morgan fingerprint density at radius 3 is 2.93 bits per heavy atom. The monoisotopic (exact) mass is 213 g/mol. The van der Waals surface area contributed by atoms with E-state index in [0.717, 1.165) is 5.56 Å². The van der Waals surface area contributed by atoms with Gasteiger partial charge in [0.1, 0.15) is 0 Å². The number of carbonyl (C=O) groups is 1. The van der Waals surface area contributed by atoms with Crippen molar-refractivity contribution >= 4 is 5.91 Å². The molecule has 1 atom stereocenters. The van der Waals surface area contributed by atoms with Crippen LogP contribution >= 0.6 is 0 Å². The molecule has 0 aromatic carbocycles. The van der Waals surface area contributed by atoms with Gasteiger partial charge in [0.2, 0.25) is 0 Å². The average Bonchev–Trinajstić information content (AvgIpc) is 2.63. The summed E-state index contributed by atoms with van der Waals surface area (Å²) in [4.78, 5) is 11.6. The van der Waals surface area contributed by atoms with Crippen LogP contribution in [0.5, 0.6) is 0 Å². The van der Waals surface area contributed by atoms with Crippen molar-refractivity contribution in [3.63, 3.8) is 0 Å². The molecule has 2 N–H and O–H groups in total. The molecule has 0 saturated carbocycles. The molecule has 0 aliphatic rings. The molecule has 1 rings (SSSR count). The van der Waals surface area contributed by atoms with Crippen molar-refractivity contribution in [1.29, 1.82) is 0 Å². The predicted molar refractivity (Wildman–Crippen MR) is 53.7 cm³/mol. The Morgan fingerprint density at radius 1 is 1.73 bits per heavy atom. The minimum absolute atomic E-state index is 0.167. The van der Waals surface area contributed by atoms with Gasteiger partial charge in [0.25, 0.3) is 5.91 Å². The highest BCUT2D eigenvalue weighted by atomic mass is 16.5. The van der Waals surface area contributed by atoms with Gasteiger partial charge in [-0.2, -0.15) is 0 Å². The van der Waals surface area contributed by atoms with E-state index < -0.39 is 6.04 Å². The number of hydrogen-bond acceptors (Lipinski definition) is 4. The molecule has 0 fully saturated rings. The van der Waals surface area contributed by atoms with Gasteiger partial charge in [-0.15, -0.1) is 0 Å². The summed E-state index contributed by atoms with van der Waals surface area (Å²) in [5.74, 6) is -0.0712. The number of rotatable bonds is 5. The summed E-state index contributed by atoms with van der Waals surface area (Å²) in [6.07, 6.45) is 1.45. The lowest BCUT2D eigenvalue weighted by Crippen LogP contribution is -2.40. The van der Waals surface area contributed by atoms with E-state index in [2.05, 4.69) is 5.32 Å². The molecule has 1 heterocycles. The molecule has 1 unspecified atom stereocenters. The average molecular weight is 213 g/mol. The van der Waals surface area contributed by atoms with Crippen LogP contribution in [0.15, 0.2) is 16.7 Å². The van der Waals surface area contributed by atoms with Gasteiger partial charge in [-0.1, -0.05) is 0 Å². The summed E-state index contributed by atoms with van der Waals surface area (Å²) in [6.45, 7) is 1.88. The summed E-state index contributed by atoms with van der Waals surface area (Å²) in [5.41, 5.74) is 0.765. The third-order valence-corrected chi connectivity index (χ3v) is 1.99. The third-order valence-electron chi connectivity index (χ3n) is 1.99. The van der Waals surface area contributed by atoms with E-state index in [0.29, 0.717) is 0 Å². The first-order valence-corrected chi connectivity index (χ1v) is 4.63. The lowest BCUT2D eigenvalue weighted by molar-refractivity contribution is 0.0813. The zero-order valence-corrected chi connectivity index (χ0v) is 8.82. The van der Waals surface area contributed by atoms with Crippen LogP contribution in [0.1, 0.15) is 16.1 Å². The van der Waals surface area contributed by atoms with Crippen molar-refractivity contribution in [2.75, 3.05) is 20.3 Å². The molecule has 0 saturated heterocycles. The van der Waals surface area contributed by atoms with Crippen LogP contribution in [0.25, 0.3) is 0 Å². The van der Waals surface area contributed by atoms with E-state index in [1.54, 1.807) is 13.0 Å². The van der Waals surface area contributed by atoms with Gasteiger partial charge in [-0.25, -0.2) is 0 Å². The minimum atomic E-state index is -0.410. The second kappa shape index (κ2) is 5.53. The number of hydrogen-bond donors (Lipinski definition) is 2. The molecule has 5 nitrogen and oxygen atoms in total. The van der Waals surface area contributed by atoms with Gasteiger partial charge in [-0.3, -0.25) is 4.79 Å². The Labute approximate surface area is 88.0 Å². The summed E-state index contributed by atoms with van der Waals surface area (Å²) < 4.78 is 9.85. The maximum absolute atomic E-state index is 11.6. The number of amides is 1. The largest absolute Gasteiger partial charge is 0.459 e. The van der Waals surface area contributed by atoms with Crippen LogP contribution in [0, 0.1) is 6.92 Å². The minimum Gasteiger partial charge on any atom is -0.459 e. The first-order valence-electron chi connectivity index (χ1n) is 4.63. The van der Waals surface area contributed by atoms with Crippen LogP contribution < -0.4 is 5.32 Å². The molecule has 84 valence electrons. The fourth-order valence-electron chi connectivity index (χ4n) is 1.20. The molecule has 1 aromatic heterocycles. The Morgan fingerprint density at radius 2 is 2.47 bits per heavy atom. The molecule has 0 aliphatic heterocycles. The highest BCUT2D eigenvalue weighted by molar-refractivity contribution is 5.92. The molecule has 0 aliphatic carbocycles. The number of nitrogens with one attached hydrogen (secondary N) is 1. The van der Waals surface area contributed by atoms with Gasteiger partial charge in [0, 0.05) is 12.7 Å². The SMILES string of the molecule is COCC(CO)NC(=O)c1occc1C. The third kappa shape index (κ3) is 3.07. The topological polar surface area (TPSA) is 71.7 Å². The standard InChI is InChI=1S/C10H15NO4/c1-7-3-4-15-9(7)10(13)11-8(5-12)6-14-2/h3-4,8,12H,5-6H2,1-2H3,(H,11,13). The first kappa shape index (κ1) is 11.7. The fraction of sp³-hybridized carbons (Fsp3) is 0.500. The number of carbonyl (C=O) groups excluding carboxylic acids is 1. The molecule has 1 amide bonds. The van der Waals surface area contributed by atoms with Gasteiger partial charge < -0.3 is 19.6 Å². The smallest absolute Gasteiger partial charge is 0.287 e. The number of aliphatic hydroxyl groups is 1. The van der Waals surface area contributed by atoms with E-state index in [9.17, 15) is 4.79 Å². The highest BCUT2D eigenvalue weighted by Crippen LogP contribution is 2.08. The molecular weight excluding hydrogens is 198 g/mol. The molecule has 0 spiro atoms. The van der Waals surface area contributed by atoms with Gasteiger partial charge in [-0.05, 0) is 13.0 Å². The number of ether oxygens (including phenoxy) is 1. The number of furan rings is 1. The van der Waals surface area contributed by atoms with Gasteiger partial charge in [0.05, 0.1) is 25.5 Å². The molecule has 5 heteroatoms. The van der Waals surface area contributed by atoms with E-state index in [1.165, 1.54) is 13.4 Å². The van der Waals surface area contributed by atoms with E-state index >= 15 is 0 Å². The number of aryl methyl sites for hydroxylation is 1. The van der Waals surface area contributed by atoms with Crippen molar-refractivity contribution in [3.05, 3.63) is 23.7 Å². The zero-order valence-electron chi connectivity index (χ0n) is 8.82. The van der Waals surface area contributed by atoms with Crippen molar-refractivity contribution in [3.8, 4) is 0 Å². The molecule has 0 bridgehead atoms. The second-order valence-corrected chi connectivity index (χ2v) is 3.24. The van der Waals surface area contributed by atoms with Crippen LogP contribution in [-0.2, 0) is 4.74 Å². The lowest BCUT2D eigenvalue weighted by atomic mass is 10.2. The Hall–Kier alpha value is -1.33. The van der Waals surface area contributed by atoms with Crippen molar-refractivity contribution in [1.82, 2.24) is 5.32 Å². The maximum atomic E-state index is 11.6. The van der Waals surface area contributed by atoms with E-state index in [1.807, 2.05) is 0 Å². The second-order valence-electron chi connectivity index (χ2n) is 3.24. The maximum Gasteiger partial charge on any atom is 0.287 e. The summed E-state index contributed by atoms with van der Waals surface area (Å²) >= 11 is 0. The first-order chi connectivity index (χ1) is 7.19. The molecular formula is C10H15NO4. The molecule has 0 radical (unpaired) electrons. The lowest BCUT2D eigenvalue weighted by Gasteiger charge is -2.14. The van der Waals surface area contributed by atoms with Crippen molar-refractivity contribution in [2.24, 2.45) is 0 Å². The summed E-state index contributed by atoms with van der Waals surface area (Å²) in [6, 6.07) is 1.30. The number of methoxy groups -OCH3 is 1. The van der Waals surface area contributed by atoms with Gasteiger partial charge in [0.15, 0.2) is 5.76 Å². The summed E-state index contributed by atoms with van der Waals surface area (Å²) in [7, 11) is 1.51.